The summed E-state index contributed by atoms with van der Waals surface area (Å²) in [4.78, 5) is 17.8. The highest BCUT2D eigenvalue weighted by molar-refractivity contribution is 5.82. The number of carbonyl (C=O) groups excluding carboxylic acids is 1. The Morgan fingerprint density at radius 3 is 2.52 bits per heavy atom. The predicted octanol–water partition coefficient (Wildman–Crippen LogP) is 3.38. The molecule has 5 heteroatoms. The minimum absolute atomic E-state index is 0.0956. The maximum absolute atomic E-state index is 13.5. The first-order valence-corrected chi connectivity index (χ1v) is 10.7. The van der Waals surface area contributed by atoms with Crippen molar-refractivity contribution in [2.75, 3.05) is 26.2 Å². The molecule has 1 amide bonds. The molecule has 4 nitrogen and oxygen atoms in total. The molecule has 2 heterocycles. The fourth-order valence-electron chi connectivity index (χ4n) is 4.86. The Balaban J connectivity index is 1.47. The summed E-state index contributed by atoms with van der Waals surface area (Å²) in [5.74, 6) is 0.607. The molecule has 154 valence electrons. The zero-order valence-corrected chi connectivity index (χ0v) is 16.8. The lowest BCUT2D eigenvalue weighted by atomic mass is 9.89. The van der Waals surface area contributed by atoms with Gasteiger partial charge >= 0.3 is 0 Å². The normalized spacial score (nSPS) is 25.3. The lowest BCUT2D eigenvalue weighted by Crippen LogP contribution is -2.50. The third kappa shape index (κ3) is 4.51. The first-order chi connectivity index (χ1) is 14.2. The molecule has 2 aliphatic rings. The van der Waals surface area contributed by atoms with Gasteiger partial charge in [-0.25, -0.2) is 4.39 Å². The molecule has 3 atom stereocenters. The van der Waals surface area contributed by atoms with Crippen LogP contribution < -0.4 is 5.73 Å². The van der Waals surface area contributed by atoms with Gasteiger partial charge in [-0.2, -0.15) is 0 Å². The molecule has 2 saturated heterocycles. The number of hydrogen-bond acceptors (Lipinski definition) is 3. The molecule has 0 bridgehead atoms. The molecule has 4 rings (SSSR count). The summed E-state index contributed by atoms with van der Waals surface area (Å²) in [5.41, 5.74) is 8.38. The molecule has 2 aromatic rings. The largest absolute Gasteiger partial charge is 0.340 e. The maximum Gasteiger partial charge on any atom is 0.239 e. The van der Waals surface area contributed by atoms with E-state index in [1.807, 2.05) is 23.1 Å². The van der Waals surface area contributed by atoms with Crippen molar-refractivity contribution in [2.24, 2.45) is 11.7 Å². The smallest absolute Gasteiger partial charge is 0.239 e. The lowest BCUT2D eigenvalue weighted by Gasteiger charge is -2.37. The average Bonchev–Trinajstić information content (AvgIpc) is 3.20. The predicted molar refractivity (Wildman–Crippen MR) is 113 cm³/mol. The number of benzene rings is 2. The van der Waals surface area contributed by atoms with Gasteiger partial charge in [-0.1, -0.05) is 48.9 Å². The van der Waals surface area contributed by atoms with Crippen LogP contribution in [0.3, 0.4) is 0 Å². The van der Waals surface area contributed by atoms with E-state index < -0.39 is 0 Å². The number of piperidine rings is 1. The summed E-state index contributed by atoms with van der Waals surface area (Å²) in [6.07, 6.45) is 3.06. The molecule has 2 fully saturated rings. The van der Waals surface area contributed by atoms with Gasteiger partial charge in [0.05, 0.1) is 6.04 Å². The zero-order valence-electron chi connectivity index (χ0n) is 16.8. The van der Waals surface area contributed by atoms with Crippen molar-refractivity contribution >= 4 is 5.91 Å². The number of likely N-dealkylation sites (tertiary alicyclic amines) is 2. The second-order valence-electron chi connectivity index (χ2n) is 8.36. The van der Waals surface area contributed by atoms with Crippen molar-refractivity contribution in [2.45, 2.75) is 37.8 Å². The molecule has 29 heavy (non-hydrogen) atoms. The van der Waals surface area contributed by atoms with E-state index in [0.717, 1.165) is 44.5 Å². The molecule has 2 aromatic carbocycles. The first-order valence-electron chi connectivity index (χ1n) is 10.7. The summed E-state index contributed by atoms with van der Waals surface area (Å²) in [5, 5.41) is 0. The van der Waals surface area contributed by atoms with Crippen LogP contribution in [0.2, 0.25) is 0 Å². The highest BCUT2D eigenvalue weighted by Gasteiger charge is 2.39. The summed E-state index contributed by atoms with van der Waals surface area (Å²) in [6.45, 7) is 3.66. The maximum atomic E-state index is 13.5. The van der Waals surface area contributed by atoms with E-state index in [1.165, 1.54) is 17.7 Å². The van der Waals surface area contributed by atoms with Crippen LogP contribution in [0.5, 0.6) is 0 Å². The van der Waals surface area contributed by atoms with E-state index in [1.54, 1.807) is 0 Å². The van der Waals surface area contributed by atoms with Crippen molar-refractivity contribution in [3.8, 4) is 0 Å². The molecule has 0 radical (unpaired) electrons. The zero-order chi connectivity index (χ0) is 20.2. The monoisotopic (exact) mass is 395 g/mol. The summed E-state index contributed by atoms with van der Waals surface area (Å²) >= 11 is 0. The second-order valence-corrected chi connectivity index (χ2v) is 8.36. The van der Waals surface area contributed by atoms with Gasteiger partial charge in [0.2, 0.25) is 5.91 Å². The molecule has 2 aliphatic heterocycles. The van der Waals surface area contributed by atoms with Crippen molar-refractivity contribution in [3.63, 3.8) is 0 Å². The van der Waals surface area contributed by atoms with Gasteiger partial charge < -0.3 is 10.6 Å². The molecule has 0 spiro atoms. The molecular weight excluding hydrogens is 365 g/mol. The van der Waals surface area contributed by atoms with Crippen molar-refractivity contribution < 1.29 is 9.18 Å². The summed E-state index contributed by atoms with van der Waals surface area (Å²) in [7, 11) is 0. The van der Waals surface area contributed by atoms with Gasteiger partial charge in [0.15, 0.2) is 0 Å². The SMILES string of the molecule is NC[C@@H]1CN(C(=O)C2CCCCN2Cc2ccc(F)cc2)C[C@H]1c1ccccc1. The summed E-state index contributed by atoms with van der Waals surface area (Å²) in [6, 6.07) is 16.9. The van der Waals surface area contributed by atoms with Crippen LogP contribution in [-0.2, 0) is 11.3 Å². The van der Waals surface area contributed by atoms with Crippen molar-refractivity contribution in [3.05, 3.63) is 71.5 Å². The van der Waals surface area contributed by atoms with Gasteiger partial charge in [-0.3, -0.25) is 9.69 Å². The Morgan fingerprint density at radius 1 is 1.03 bits per heavy atom. The molecule has 0 aromatic heterocycles. The molecule has 0 aliphatic carbocycles. The summed E-state index contributed by atoms with van der Waals surface area (Å²) < 4.78 is 13.2. The average molecular weight is 396 g/mol. The van der Waals surface area contributed by atoms with Crippen molar-refractivity contribution in [1.82, 2.24) is 9.80 Å². The van der Waals surface area contributed by atoms with E-state index in [-0.39, 0.29) is 17.8 Å². The second kappa shape index (κ2) is 9.06. The van der Waals surface area contributed by atoms with Crippen molar-refractivity contribution in [1.29, 1.82) is 0 Å². The first kappa shape index (κ1) is 20.0. The molecule has 1 unspecified atom stereocenters. The number of carbonyl (C=O) groups is 1. The highest BCUT2D eigenvalue weighted by atomic mass is 19.1. The van der Waals surface area contributed by atoms with E-state index >= 15 is 0 Å². The van der Waals surface area contributed by atoms with Gasteiger partial charge in [0.25, 0.3) is 0 Å². The van der Waals surface area contributed by atoms with Gasteiger partial charge in [0, 0.05) is 25.6 Å². The van der Waals surface area contributed by atoms with Crippen LogP contribution in [0.4, 0.5) is 4.39 Å². The van der Waals surface area contributed by atoms with E-state index in [0.29, 0.717) is 24.9 Å². The molecular formula is C24H30FN3O. The standard InChI is InChI=1S/C24H30FN3O/c25-21-11-9-18(10-12-21)15-27-13-5-4-8-23(27)24(29)28-16-20(14-26)22(17-28)19-6-2-1-3-7-19/h1-3,6-7,9-12,20,22-23H,4-5,8,13-17,26H2/t20-,22+,23?/m1/s1. The van der Waals surface area contributed by atoms with Crippen LogP contribution in [0.15, 0.2) is 54.6 Å². The van der Waals surface area contributed by atoms with Crippen LogP contribution in [-0.4, -0.2) is 47.9 Å². The van der Waals surface area contributed by atoms with Gasteiger partial charge in [0.1, 0.15) is 5.82 Å². The van der Waals surface area contributed by atoms with Crippen LogP contribution in [0, 0.1) is 11.7 Å². The quantitative estimate of drug-likeness (QED) is 0.844. The van der Waals surface area contributed by atoms with Crippen LogP contribution in [0.1, 0.15) is 36.3 Å². The highest BCUT2D eigenvalue weighted by Crippen LogP contribution is 2.33. The lowest BCUT2D eigenvalue weighted by molar-refractivity contribution is -0.137. The van der Waals surface area contributed by atoms with Gasteiger partial charge in [-0.05, 0) is 55.1 Å². The van der Waals surface area contributed by atoms with Crippen LogP contribution >= 0.6 is 0 Å². The Hall–Kier alpha value is -2.24. The number of nitrogens with zero attached hydrogens (tertiary/aromatic N) is 2. The molecule has 0 saturated carbocycles. The number of nitrogens with two attached hydrogens (primary N) is 1. The number of rotatable bonds is 5. The Kier molecular flexibility index (Phi) is 6.26. The number of halogens is 1. The number of hydrogen-bond donors (Lipinski definition) is 1. The fraction of sp³-hybridized carbons (Fsp3) is 0.458. The topological polar surface area (TPSA) is 49.6 Å². The van der Waals surface area contributed by atoms with Gasteiger partial charge in [-0.15, -0.1) is 0 Å². The Labute approximate surface area is 172 Å². The third-order valence-corrected chi connectivity index (χ3v) is 6.48. The van der Waals surface area contributed by atoms with Crippen LogP contribution in [0.25, 0.3) is 0 Å². The minimum atomic E-state index is -0.225. The minimum Gasteiger partial charge on any atom is -0.340 e. The van der Waals surface area contributed by atoms with E-state index in [2.05, 4.69) is 29.2 Å². The van der Waals surface area contributed by atoms with E-state index in [9.17, 15) is 9.18 Å². The fourth-order valence-corrected chi connectivity index (χ4v) is 4.86. The third-order valence-electron chi connectivity index (χ3n) is 6.48. The Bertz CT molecular complexity index is 811. The molecule has 2 N–H and O–H groups in total. The van der Waals surface area contributed by atoms with E-state index in [4.69, 9.17) is 5.73 Å². The Morgan fingerprint density at radius 2 is 1.79 bits per heavy atom. The number of amides is 1.